The van der Waals surface area contributed by atoms with Gasteiger partial charge in [-0.2, -0.15) is 0 Å². The maximum absolute atomic E-state index is 11.4. The number of alkyl halides is 1. The van der Waals surface area contributed by atoms with Gasteiger partial charge in [-0.05, 0) is 87.7 Å². The van der Waals surface area contributed by atoms with E-state index in [9.17, 15) is 4.79 Å². The van der Waals surface area contributed by atoms with Crippen LogP contribution in [0.4, 0.5) is 0 Å². The number of halogens is 1. The third-order valence-corrected chi connectivity index (χ3v) is 9.05. The van der Waals surface area contributed by atoms with Gasteiger partial charge in [0.05, 0.1) is 19.3 Å². The average Bonchev–Trinajstić information content (AvgIpc) is 3.25. The molecule has 0 radical (unpaired) electrons. The highest BCUT2D eigenvalue weighted by atomic mass is 35.5. The van der Waals surface area contributed by atoms with Crippen molar-refractivity contribution in [2.24, 2.45) is 17.3 Å². The van der Waals surface area contributed by atoms with Gasteiger partial charge in [-0.3, -0.25) is 4.79 Å². The molecular weight excluding hydrogens is 528 g/mol. The molecule has 3 rings (SSSR count). The fourth-order valence-electron chi connectivity index (χ4n) is 5.94. The molecule has 2 saturated heterocycles. The van der Waals surface area contributed by atoms with E-state index in [0.29, 0.717) is 12.8 Å². The van der Waals surface area contributed by atoms with Crippen molar-refractivity contribution >= 4 is 17.6 Å². The van der Waals surface area contributed by atoms with E-state index in [-0.39, 0.29) is 53.4 Å². The first kappa shape index (κ1) is 33.4. The molecule has 0 aromatic rings. The topological polar surface area (TPSA) is 63.2 Å². The van der Waals surface area contributed by atoms with Gasteiger partial charge >= 0.3 is 5.97 Å². The number of carbonyl (C=O) groups is 1. The highest BCUT2D eigenvalue weighted by Crippen LogP contribution is 2.43. The van der Waals surface area contributed by atoms with Crippen LogP contribution in [-0.2, 0) is 28.5 Å². The summed E-state index contributed by atoms with van der Waals surface area (Å²) in [5, 5.41) is -0.00879. The summed E-state index contributed by atoms with van der Waals surface area (Å²) in [6.45, 7) is 8.38. The number of methoxy groups -OCH3 is 1. The number of hydrogen-bond donors (Lipinski definition) is 0. The van der Waals surface area contributed by atoms with Gasteiger partial charge in [0, 0.05) is 30.9 Å². The number of rotatable bonds is 15. The number of carbonyl (C=O) groups excluding carboxylic acids is 1. The van der Waals surface area contributed by atoms with Crippen molar-refractivity contribution in [1.82, 2.24) is 0 Å². The monoisotopic (exact) mass is 580 g/mol. The van der Waals surface area contributed by atoms with Gasteiger partial charge < -0.3 is 23.7 Å². The molecule has 6 nitrogen and oxygen atoms in total. The van der Waals surface area contributed by atoms with Crippen LogP contribution in [0, 0.1) is 17.3 Å². The molecular formula is C33H53ClO6. The highest BCUT2D eigenvalue weighted by molar-refractivity contribution is 6.21. The minimum absolute atomic E-state index is 0.00566. The van der Waals surface area contributed by atoms with Crippen LogP contribution >= 0.6 is 11.6 Å². The van der Waals surface area contributed by atoms with Crippen LogP contribution in [-0.4, -0.2) is 56.5 Å². The van der Waals surface area contributed by atoms with Crippen LogP contribution < -0.4 is 0 Å². The second kappa shape index (κ2) is 17.7. The largest absolute Gasteiger partial charge is 0.469 e. The summed E-state index contributed by atoms with van der Waals surface area (Å²) in [5.74, 6) is 0.141. The maximum atomic E-state index is 11.4. The molecule has 0 aromatic heterocycles. The Balaban J connectivity index is 1.77. The van der Waals surface area contributed by atoms with Crippen molar-refractivity contribution in [3.05, 3.63) is 30.0 Å². The van der Waals surface area contributed by atoms with Crippen molar-refractivity contribution < 1.29 is 28.5 Å². The molecule has 0 amide bonds. The smallest absolute Gasteiger partial charge is 0.305 e. The summed E-state index contributed by atoms with van der Waals surface area (Å²) in [6, 6.07) is 0. The Kier molecular flexibility index (Phi) is 14.8. The van der Waals surface area contributed by atoms with E-state index >= 15 is 0 Å². The molecule has 2 heterocycles. The third kappa shape index (κ3) is 10.9. The van der Waals surface area contributed by atoms with E-state index in [1.54, 1.807) is 0 Å². The lowest BCUT2D eigenvalue weighted by Gasteiger charge is -2.36. The van der Waals surface area contributed by atoms with Crippen molar-refractivity contribution in [2.75, 3.05) is 20.3 Å². The number of esters is 1. The minimum Gasteiger partial charge on any atom is -0.469 e. The third-order valence-electron chi connectivity index (χ3n) is 8.55. The van der Waals surface area contributed by atoms with Gasteiger partial charge in [0.1, 0.15) is 0 Å². The minimum atomic E-state index is -0.206. The Labute approximate surface area is 247 Å². The summed E-state index contributed by atoms with van der Waals surface area (Å²) in [7, 11) is 1.41. The van der Waals surface area contributed by atoms with Crippen molar-refractivity contribution in [3.63, 3.8) is 0 Å². The Hall–Kier alpha value is -1.14. The van der Waals surface area contributed by atoms with Gasteiger partial charge in [-0.25, -0.2) is 0 Å². The first-order valence-corrected chi connectivity index (χ1v) is 16.1. The first-order valence-electron chi connectivity index (χ1n) is 15.7. The molecule has 0 spiro atoms. The highest BCUT2D eigenvalue weighted by Gasteiger charge is 2.43. The molecule has 7 heteroatoms. The normalized spacial score (nSPS) is 30.1. The van der Waals surface area contributed by atoms with Gasteiger partial charge in [0.25, 0.3) is 0 Å². The van der Waals surface area contributed by atoms with Crippen LogP contribution in [0.3, 0.4) is 0 Å². The van der Waals surface area contributed by atoms with E-state index in [2.05, 4.69) is 38.7 Å². The molecule has 1 aliphatic carbocycles. The molecule has 228 valence electrons. The number of unbranched alkanes of at least 4 members (excludes halogenated alkanes) is 1. The molecule has 7 atom stereocenters. The van der Waals surface area contributed by atoms with Crippen LogP contribution in [0.25, 0.3) is 0 Å². The number of allylic oxidation sites excluding steroid dienone is 1. The number of hydrogen-bond acceptors (Lipinski definition) is 6. The Morgan fingerprint density at radius 2 is 1.82 bits per heavy atom. The molecule has 2 unspecified atom stereocenters. The Bertz CT molecular complexity index is 823. The van der Waals surface area contributed by atoms with Gasteiger partial charge in [0.15, 0.2) is 12.6 Å². The molecule has 0 bridgehead atoms. The predicted octanol–water partition coefficient (Wildman–Crippen LogP) is 7.88. The Morgan fingerprint density at radius 1 is 1.10 bits per heavy atom. The fourth-order valence-corrected chi connectivity index (χ4v) is 6.39. The summed E-state index contributed by atoms with van der Waals surface area (Å²) >= 11 is 6.99. The SMILES string of the molecule is CCCCC(C)(C)[C@@H](/C=C/[C@@H]1[C@@H](CC=C=CCCC(=O)OC)[C@H](Cl)C[C@H]1OC1CCCCO1)OC1CCCCO1. The lowest BCUT2D eigenvalue weighted by atomic mass is 9.80. The fraction of sp³-hybridized carbons (Fsp3) is 0.818. The summed E-state index contributed by atoms with van der Waals surface area (Å²) in [4.78, 5) is 11.4. The van der Waals surface area contributed by atoms with Crippen molar-refractivity contribution in [2.45, 2.75) is 134 Å². The van der Waals surface area contributed by atoms with Crippen LogP contribution in [0.1, 0.15) is 104 Å². The summed E-state index contributed by atoms with van der Waals surface area (Å²) in [5.41, 5.74) is 3.23. The molecule has 2 aliphatic heterocycles. The predicted molar refractivity (Wildman–Crippen MR) is 159 cm³/mol. The number of ether oxygens (including phenoxy) is 5. The van der Waals surface area contributed by atoms with Gasteiger partial charge in [0.2, 0.25) is 0 Å². The van der Waals surface area contributed by atoms with Gasteiger partial charge in [-0.1, -0.05) is 45.8 Å². The average molecular weight is 581 g/mol. The zero-order valence-corrected chi connectivity index (χ0v) is 26.0. The second-order valence-corrected chi connectivity index (χ2v) is 12.8. The quantitative estimate of drug-likeness (QED) is 0.0849. The van der Waals surface area contributed by atoms with E-state index in [4.69, 9.17) is 35.3 Å². The van der Waals surface area contributed by atoms with E-state index in [1.807, 2.05) is 12.2 Å². The van der Waals surface area contributed by atoms with Crippen molar-refractivity contribution in [3.8, 4) is 0 Å². The van der Waals surface area contributed by atoms with E-state index in [1.165, 1.54) is 13.5 Å². The zero-order valence-electron chi connectivity index (χ0n) is 25.3. The zero-order chi connectivity index (χ0) is 28.8. The Morgan fingerprint density at radius 3 is 2.48 bits per heavy atom. The van der Waals surface area contributed by atoms with E-state index < -0.39 is 0 Å². The molecule has 40 heavy (non-hydrogen) atoms. The lowest BCUT2D eigenvalue weighted by molar-refractivity contribution is -0.198. The molecule has 3 aliphatic rings. The lowest BCUT2D eigenvalue weighted by Crippen LogP contribution is -2.37. The molecule has 1 saturated carbocycles. The maximum Gasteiger partial charge on any atom is 0.305 e. The van der Waals surface area contributed by atoms with E-state index in [0.717, 1.165) is 77.4 Å². The first-order chi connectivity index (χ1) is 19.3. The van der Waals surface area contributed by atoms with Crippen molar-refractivity contribution in [1.29, 1.82) is 0 Å². The molecule has 0 aromatic carbocycles. The summed E-state index contributed by atoms with van der Waals surface area (Å²) in [6.07, 6.45) is 20.5. The van der Waals surface area contributed by atoms with Gasteiger partial charge in [-0.15, -0.1) is 17.3 Å². The van der Waals surface area contributed by atoms with Crippen LogP contribution in [0.5, 0.6) is 0 Å². The summed E-state index contributed by atoms with van der Waals surface area (Å²) < 4.78 is 29.9. The molecule has 0 N–H and O–H groups in total. The van der Waals surface area contributed by atoms with Crippen LogP contribution in [0.2, 0.25) is 0 Å². The molecule has 3 fully saturated rings. The van der Waals surface area contributed by atoms with Crippen LogP contribution in [0.15, 0.2) is 30.0 Å². The second-order valence-electron chi connectivity index (χ2n) is 12.2. The standard InChI is InChI=1S/C33H53ClO6/c1-5-6-21-33(2,3)29(40-32-18-12-14-23-38-32)20-19-26-25(15-9-7-8-10-16-30(35)36-4)27(34)24-28(26)39-31-17-11-13-22-37-31/h8-9,19-20,25-29,31-32H,5-6,10-18,21-24H2,1-4H3/b20-19+/t7?,25-,26-,27-,28-,29-,31?,32?/m1/s1.